The van der Waals surface area contributed by atoms with Gasteiger partial charge in [-0.3, -0.25) is 0 Å². The second-order valence-electron chi connectivity index (χ2n) is 2.86. The van der Waals surface area contributed by atoms with Crippen molar-refractivity contribution in [2.24, 2.45) is 0 Å². The molecule has 0 saturated heterocycles. The van der Waals surface area contributed by atoms with Gasteiger partial charge in [-0.25, -0.2) is 0 Å². The van der Waals surface area contributed by atoms with Gasteiger partial charge in [-0.05, 0) is 26.6 Å². The third-order valence-corrected chi connectivity index (χ3v) is 2.04. The Hall–Kier alpha value is 0.0500. The zero-order valence-corrected chi connectivity index (χ0v) is 8.79. The molecule has 0 aliphatic rings. The Morgan fingerprint density at radius 3 is 2.55 bits per heavy atom. The van der Waals surface area contributed by atoms with Crippen LogP contribution in [0.2, 0.25) is 0 Å². The number of likely N-dealkylation sites (N-methyl/N-ethyl adjacent to an activating group) is 1. The van der Waals surface area contributed by atoms with Crippen LogP contribution in [0.25, 0.3) is 0 Å². The third-order valence-electron chi connectivity index (χ3n) is 1.35. The molecule has 0 aromatic rings. The van der Waals surface area contributed by atoms with Gasteiger partial charge >= 0.3 is 0 Å². The average Bonchev–Trinajstić information content (AvgIpc) is 1.87. The molecule has 0 heterocycles. The van der Waals surface area contributed by atoms with E-state index in [2.05, 4.69) is 38.4 Å². The highest BCUT2D eigenvalue weighted by atomic mass is 32.2. The minimum Gasteiger partial charge on any atom is -0.310 e. The number of thioether (sulfide) groups is 1. The van der Waals surface area contributed by atoms with Gasteiger partial charge in [-0.1, -0.05) is 18.6 Å². The minimum absolute atomic E-state index is 0.556. The predicted octanol–water partition coefficient (Wildman–Crippen LogP) is 2.29. The summed E-state index contributed by atoms with van der Waals surface area (Å²) in [6, 6.07) is 0.556. The largest absolute Gasteiger partial charge is 0.310 e. The van der Waals surface area contributed by atoms with Gasteiger partial charge < -0.3 is 5.32 Å². The van der Waals surface area contributed by atoms with E-state index in [1.54, 1.807) is 0 Å². The van der Waals surface area contributed by atoms with Gasteiger partial charge in [-0.15, -0.1) is 0 Å². The van der Waals surface area contributed by atoms with Gasteiger partial charge in [0.1, 0.15) is 0 Å². The predicted molar refractivity (Wildman–Crippen MR) is 55.3 cm³/mol. The molecule has 0 spiro atoms. The third kappa shape index (κ3) is 6.45. The molecule has 0 aromatic carbocycles. The molecule has 0 aromatic heterocycles. The highest BCUT2D eigenvalue weighted by Crippen LogP contribution is 2.01. The number of rotatable bonds is 5. The number of hydrogen-bond acceptors (Lipinski definition) is 2. The molecule has 1 nitrogen and oxygen atoms in total. The SMILES string of the molecule is CCNC(C=C(C)C)CSC. The summed E-state index contributed by atoms with van der Waals surface area (Å²) in [5, 5.41) is 3.42. The molecule has 0 amide bonds. The Morgan fingerprint density at radius 1 is 1.55 bits per heavy atom. The lowest BCUT2D eigenvalue weighted by Crippen LogP contribution is -2.29. The van der Waals surface area contributed by atoms with Crippen molar-refractivity contribution in [2.45, 2.75) is 26.8 Å². The lowest BCUT2D eigenvalue weighted by molar-refractivity contribution is 0.665. The fourth-order valence-corrected chi connectivity index (χ4v) is 1.58. The van der Waals surface area contributed by atoms with Crippen LogP contribution in [-0.2, 0) is 0 Å². The lowest BCUT2D eigenvalue weighted by atomic mass is 10.2. The molecule has 66 valence electrons. The van der Waals surface area contributed by atoms with Crippen molar-refractivity contribution in [2.75, 3.05) is 18.6 Å². The summed E-state index contributed by atoms with van der Waals surface area (Å²) in [4.78, 5) is 0. The first kappa shape index (κ1) is 11.1. The fourth-order valence-electron chi connectivity index (χ4n) is 1.01. The second kappa shape index (κ2) is 6.74. The molecular formula is C9H19NS. The van der Waals surface area contributed by atoms with Gasteiger partial charge in [0.15, 0.2) is 0 Å². The molecule has 1 atom stereocenters. The molecule has 1 N–H and O–H groups in total. The van der Waals surface area contributed by atoms with Crippen molar-refractivity contribution >= 4 is 11.8 Å². The van der Waals surface area contributed by atoms with Crippen LogP contribution < -0.4 is 5.32 Å². The van der Waals surface area contributed by atoms with Crippen LogP contribution in [0.3, 0.4) is 0 Å². The molecule has 0 saturated carbocycles. The quantitative estimate of drug-likeness (QED) is 0.640. The molecular weight excluding hydrogens is 154 g/mol. The first-order chi connectivity index (χ1) is 5.20. The van der Waals surface area contributed by atoms with Gasteiger partial charge in [0.2, 0.25) is 0 Å². The fraction of sp³-hybridized carbons (Fsp3) is 0.778. The molecule has 0 rings (SSSR count). The molecule has 11 heavy (non-hydrogen) atoms. The van der Waals surface area contributed by atoms with E-state index in [9.17, 15) is 0 Å². The lowest BCUT2D eigenvalue weighted by Gasteiger charge is -2.12. The summed E-state index contributed by atoms with van der Waals surface area (Å²) >= 11 is 1.88. The van der Waals surface area contributed by atoms with Crippen LogP contribution in [0.5, 0.6) is 0 Å². The van der Waals surface area contributed by atoms with Crippen molar-refractivity contribution in [3.63, 3.8) is 0 Å². The summed E-state index contributed by atoms with van der Waals surface area (Å²) in [6.45, 7) is 7.48. The van der Waals surface area contributed by atoms with E-state index >= 15 is 0 Å². The molecule has 2 heteroatoms. The maximum atomic E-state index is 3.42. The van der Waals surface area contributed by atoms with Crippen LogP contribution in [0.1, 0.15) is 20.8 Å². The summed E-state index contributed by atoms with van der Waals surface area (Å²) in [7, 11) is 0. The highest BCUT2D eigenvalue weighted by Gasteiger charge is 2.00. The first-order valence-electron chi connectivity index (χ1n) is 4.08. The normalized spacial score (nSPS) is 12.7. The first-order valence-corrected chi connectivity index (χ1v) is 5.47. The molecule has 0 aliphatic carbocycles. The Bertz CT molecular complexity index is 111. The van der Waals surface area contributed by atoms with Gasteiger partial charge in [0.25, 0.3) is 0 Å². The molecule has 1 unspecified atom stereocenters. The van der Waals surface area contributed by atoms with Gasteiger partial charge in [0, 0.05) is 11.8 Å². The van der Waals surface area contributed by atoms with E-state index in [-0.39, 0.29) is 0 Å². The Balaban J connectivity index is 3.78. The molecule has 0 fully saturated rings. The van der Waals surface area contributed by atoms with Crippen LogP contribution in [0.15, 0.2) is 11.6 Å². The smallest absolute Gasteiger partial charge is 0.0343 e. The zero-order valence-electron chi connectivity index (χ0n) is 7.98. The van der Waals surface area contributed by atoms with E-state index in [0.29, 0.717) is 6.04 Å². The Kier molecular flexibility index (Phi) is 6.77. The van der Waals surface area contributed by atoms with Gasteiger partial charge in [0.05, 0.1) is 0 Å². The van der Waals surface area contributed by atoms with Crippen molar-refractivity contribution in [3.8, 4) is 0 Å². The van der Waals surface area contributed by atoms with Crippen LogP contribution >= 0.6 is 11.8 Å². The monoisotopic (exact) mass is 173 g/mol. The summed E-state index contributed by atoms with van der Waals surface area (Å²) < 4.78 is 0. The molecule has 0 radical (unpaired) electrons. The second-order valence-corrected chi connectivity index (χ2v) is 3.77. The van der Waals surface area contributed by atoms with E-state index in [0.717, 1.165) is 6.54 Å². The maximum absolute atomic E-state index is 3.42. The van der Waals surface area contributed by atoms with Crippen molar-refractivity contribution < 1.29 is 0 Å². The summed E-state index contributed by atoms with van der Waals surface area (Å²) in [6.07, 6.45) is 4.43. The molecule has 0 aliphatic heterocycles. The topological polar surface area (TPSA) is 12.0 Å². The van der Waals surface area contributed by atoms with E-state index in [4.69, 9.17) is 0 Å². The standard InChI is InChI=1S/C9H19NS/c1-5-10-9(7-11-4)6-8(2)3/h6,9-10H,5,7H2,1-4H3. The van der Waals surface area contributed by atoms with E-state index in [1.807, 2.05) is 11.8 Å². The minimum atomic E-state index is 0.556. The summed E-state index contributed by atoms with van der Waals surface area (Å²) in [5.74, 6) is 1.17. The van der Waals surface area contributed by atoms with Crippen LogP contribution in [0, 0.1) is 0 Å². The Morgan fingerprint density at radius 2 is 2.18 bits per heavy atom. The van der Waals surface area contributed by atoms with Crippen LogP contribution in [-0.4, -0.2) is 24.6 Å². The van der Waals surface area contributed by atoms with Gasteiger partial charge in [-0.2, -0.15) is 11.8 Å². The average molecular weight is 173 g/mol. The highest BCUT2D eigenvalue weighted by molar-refractivity contribution is 7.98. The van der Waals surface area contributed by atoms with E-state index in [1.165, 1.54) is 11.3 Å². The maximum Gasteiger partial charge on any atom is 0.0343 e. The number of nitrogens with one attached hydrogen (secondary N) is 1. The van der Waals surface area contributed by atoms with Crippen LogP contribution in [0.4, 0.5) is 0 Å². The van der Waals surface area contributed by atoms with E-state index < -0.39 is 0 Å². The Labute approximate surface area is 74.6 Å². The molecule has 0 bridgehead atoms. The number of allylic oxidation sites excluding steroid dienone is 1. The number of hydrogen-bond donors (Lipinski definition) is 1. The summed E-state index contributed by atoms with van der Waals surface area (Å²) in [5.41, 5.74) is 1.39. The van der Waals surface area contributed by atoms with Crippen molar-refractivity contribution in [1.29, 1.82) is 0 Å². The van der Waals surface area contributed by atoms with Crippen molar-refractivity contribution in [1.82, 2.24) is 5.32 Å². The zero-order chi connectivity index (χ0) is 8.69. The van der Waals surface area contributed by atoms with Crippen molar-refractivity contribution in [3.05, 3.63) is 11.6 Å².